The summed E-state index contributed by atoms with van der Waals surface area (Å²) in [6.45, 7) is -0.519. The van der Waals surface area contributed by atoms with E-state index in [0.29, 0.717) is 34.1 Å². The summed E-state index contributed by atoms with van der Waals surface area (Å²) in [5.74, 6) is 0.689. The van der Waals surface area contributed by atoms with Crippen LogP contribution in [-0.2, 0) is 9.53 Å². The Morgan fingerprint density at radius 2 is 1.60 bits per heavy atom. The van der Waals surface area contributed by atoms with Gasteiger partial charge in [0.25, 0.3) is 0 Å². The third-order valence-electron chi connectivity index (χ3n) is 3.94. The molecule has 156 valence electrons. The minimum Gasteiger partial charge on any atom is -0.493 e. The molecule has 0 N–H and O–H groups in total. The number of esters is 1. The monoisotopic (exact) mass is 411 g/mol. The van der Waals surface area contributed by atoms with Crippen LogP contribution in [0.25, 0.3) is 6.08 Å². The first-order valence-corrected chi connectivity index (χ1v) is 8.80. The number of Topliss-reactive ketones (excluding diaryl/α,β-unsaturated/α-hetero) is 1. The number of carbonyl (C=O) groups is 2. The molecule has 0 amide bonds. The first kappa shape index (κ1) is 22.3. The first-order valence-electron chi connectivity index (χ1n) is 8.80. The molecular formula is C22H21NO7. The summed E-state index contributed by atoms with van der Waals surface area (Å²) in [6.07, 6.45) is 2.71. The number of ether oxygens (including phenoxy) is 5. The highest BCUT2D eigenvalue weighted by Gasteiger charge is 2.12. The Hall–Kier alpha value is -3.99. The van der Waals surface area contributed by atoms with Crippen molar-refractivity contribution in [2.24, 2.45) is 0 Å². The Kier molecular flexibility index (Phi) is 8.27. The molecule has 0 aliphatic rings. The van der Waals surface area contributed by atoms with Crippen molar-refractivity contribution < 1.29 is 33.3 Å². The van der Waals surface area contributed by atoms with Crippen LogP contribution < -0.4 is 18.9 Å². The second-order valence-electron chi connectivity index (χ2n) is 5.79. The molecule has 0 aromatic heterocycles. The predicted octanol–water partition coefficient (Wildman–Crippen LogP) is 3.05. The van der Waals surface area contributed by atoms with E-state index in [2.05, 4.69) is 0 Å². The molecule has 8 nitrogen and oxygen atoms in total. The lowest BCUT2D eigenvalue weighted by Gasteiger charge is -2.09. The normalized spacial score (nSPS) is 10.2. The van der Waals surface area contributed by atoms with Gasteiger partial charge in [0.15, 0.2) is 42.0 Å². The highest BCUT2D eigenvalue weighted by atomic mass is 16.5. The Morgan fingerprint density at radius 3 is 2.27 bits per heavy atom. The van der Waals surface area contributed by atoms with Crippen molar-refractivity contribution in [3.63, 3.8) is 0 Å². The molecule has 0 saturated heterocycles. The van der Waals surface area contributed by atoms with E-state index in [9.17, 15) is 9.59 Å². The average Bonchev–Trinajstić information content (AvgIpc) is 2.79. The van der Waals surface area contributed by atoms with Gasteiger partial charge in [-0.3, -0.25) is 4.79 Å². The Labute approximate surface area is 174 Å². The number of benzene rings is 2. The van der Waals surface area contributed by atoms with Crippen LogP contribution in [0.15, 0.2) is 42.5 Å². The van der Waals surface area contributed by atoms with Crippen molar-refractivity contribution in [1.82, 2.24) is 0 Å². The van der Waals surface area contributed by atoms with Crippen molar-refractivity contribution in [3.05, 3.63) is 53.6 Å². The summed E-state index contributed by atoms with van der Waals surface area (Å²) >= 11 is 0. The smallest absolute Gasteiger partial charge is 0.331 e. The van der Waals surface area contributed by atoms with E-state index in [1.54, 1.807) is 30.3 Å². The molecule has 0 saturated carbocycles. The number of hydrogen-bond acceptors (Lipinski definition) is 8. The molecule has 2 aromatic rings. The van der Waals surface area contributed by atoms with Crippen LogP contribution in [0.3, 0.4) is 0 Å². The van der Waals surface area contributed by atoms with Gasteiger partial charge >= 0.3 is 5.97 Å². The molecule has 0 aliphatic carbocycles. The molecule has 0 unspecified atom stereocenters. The highest BCUT2D eigenvalue weighted by Crippen LogP contribution is 2.29. The van der Waals surface area contributed by atoms with Gasteiger partial charge in [0.2, 0.25) is 0 Å². The maximum Gasteiger partial charge on any atom is 0.331 e. The summed E-state index contributed by atoms with van der Waals surface area (Å²) in [5, 5.41) is 8.59. The Bertz CT molecular complexity index is 976. The van der Waals surface area contributed by atoms with E-state index in [1.807, 2.05) is 6.07 Å². The van der Waals surface area contributed by atoms with E-state index in [-0.39, 0.29) is 12.4 Å². The highest BCUT2D eigenvalue weighted by molar-refractivity contribution is 5.99. The summed E-state index contributed by atoms with van der Waals surface area (Å²) < 4.78 is 25.7. The quantitative estimate of drug-likeness (QED) is 0.334. The van der Waals surface area contributed by atoms with E-state index in [4.69, 9.17) is 28.9 Å². The number of nitrogens with zero attached hydrogens (tertiary/aromatic N) is 1. The topological polar surface area (TPSA) is 104 Å². The van der Waals surface area contributed by atoms with Gasteiger partial charge in [0.05, 0.1) is 21.3 Å². The maximum absolute atomic E-state index is 12.2. The molecule has 0 atom stereocenters. The Morgan fingerprint density at radius 1 is 0.933 bits per heavy atom. The SMILES string of the molecule is COc1ccc(C(=O)COC(=O)/C=C/c2ccc(OCC#N)c(OC)c2)cc1OC. The van der Waals surface area contributed by atoms with Crippen molar-refractivity contribution in [3.8, 4) is 29.1 Å². The van der Waals surface area contributed by atoms with Crippen molar-refractivity contribution in [2.45, 2.75) is 0 Å². The third kappa shape index (κ3) is 6.01. The van der Waals surface area contributed by atoms with Crippen LogP contribution in [0.1, 0.15) is 15.9 Å². The maximum atomic E-state index is 12.2. The molecule has 0 heterocycles. The van der Waals surface area contributed by atoms with Crippen LogP contribution in [0.5, 0.6) is 23.0 Å². The Balaban J connectivity index is 1.96. The molecule has 0 bridgehead atoms. The fourth-order valence-electron chi connectivity index (χ4n) is 2.46. The molecule has 0 aliphatic heterocycles. The first-order chi connectivity index (χ1) is 14.5. The summed E-state index contributed by atoms with van der Waals surface area (Å²) in [4.78, 5) is 24.2. The van der Waals surface area contributed by atoms with Crippen molar-refractivity contribution >= 4 is 17.8 Å². The molecule has 0 radical (unpaired) electrons. The number of ketones is 1. The zero-order chi connectivity index (χ0) is 21.9. The van der Waals surface area contributed by atoms with Crippen LogP contribution in [-0.4, -0.2) is 46.3 Å². The minimum atomic E-state index is -0.674. The summed E-state index contributed by atoms with van der Waals surface area (Å²) in [5.41, 5.74) is 0.987. The number of rotatable bonds is 10. The predicted molar refractivity (Wildman–Crippen MR) is 108 cm³/mol. The lowest BCUT2D eigenvalue weighted by Crippen LogP contribution is -2.12. The number of nitriles is 1. The lowest BCUT2D eigenvalue weighted by molar-refractivity contribution is -0.136. The number of hydrogen-bond donors (Lipinski definition) is 0. The number of methoxy groups -OCH3 is 3. The van der Waals surface area contributed by atoms with Gasteiger partial charge < -0.3 is 23.7 Å². The fraction of sp³-hybridized carbons (Fsp3) is 0.227. The summed E-state index contributed by atoms with van der Waals surface area (Å²) in [7, 11) is 4.43. The zero-order valence-corrected chi connectivity index (χ0v) is 16.8. The van der Waals surface area contributed by atoms with Crippen LogP contribution in [0.4, 0.5) is 0 Å². The number of carbonyl (C=O) groups excluding carboxylic acids is 2. The standard InChI is InChI=1S/C22H21NO7/c1-26-18-8-6-16(13-21(18)28-3)17(24)14-30-22(25)9-5-15-4-7-19(29-11-10-23)20(12-15)27-2/h4-9,12-13H,11,14H2,1-3H3/b9-5+. The minimum absolute atomic E-state index is 0.105. The van der Waals surface area contributed by atoms with Crippen LogP contribution in [0.2, 0.25) is 0 Å². The molecular weight excluding hydrogens is 390 g/mol. The summed E-state index contributed by atoms with van der Waals surface area (Å²) in [6, 6.07) is 11.5. The van der Waals surface area contributed by atoms with Gasteiger partial charge in [0.1, 0.15) is 6.07 Å². The molecule has 0 fully saturated rings. The van der Waals surface area contributed by atoms with E-state index in [1.165, 1.54) is 39.5 Å². The van der Waals surface area contributed by atoms with E-state index < -0.39 is 12.6 Å². The van der Waals surface area contributed by atoms with Gasteiger partial charge in [-0.1, -0.05) is 6.07 Å². The largest absolute Gasteiger partial charge is 0.493 e. The molecule has 2 aromatic carbocycles. The van der Waals surface area contributed by atoms with Crippen LogP contribution >= 0.6 is 0 Å². The van der Waals surface area contributed by atoms with Gasteiger partial charge in [0, 0.05) is 11.6 Å². The van der Waals surface area contributed by atoms with Gasteiger partial charge in [-0.25, -0.2) is 4.79 Å². The molecule has 0 spiro atoms. The molecule has 30 heavy (non-hydrogen) atoms. The second kappa shape index (κ2) is 11.1. The molecule has 8 heteroatoms. The second-order valence-corrected chi connectivity index (χ2v) is 5.79. The third-order valence-corrected chi connectivity index (χ3v) is 3.94. The average molecular weight is 411 g/mol. The van der Waals surface area contributed by atoms with Gasteiger partial charge in [-0.05, 0) is 42.0 Å². The zero-order valence-electron chi connectivity index (χ0n) is 16.8. The van der Waals surface area contributed by atoms with Crippen molar-refractivity contribution in [2.75, 3.05) is 34.5 Å². The van der Waals surface area contributed by atoms with E-state index in [0.717, 1.165) is 0 Å². The van der Waals surface area contributed by atoms with Crippen LogP contribution in [0, 0.1) is 11.3 Å². The molecule has 2 rings (SSSR count). The van der Waals surface area contributed by atoms with Crippen molar-refractivity contribution in [1.29, 1.82) is 5.26 Å². The van der Waals surface area contributed by atoms with E-state index >= 15 is 0 Å². The van der Waals surface area contributed by atoms with Gasteiger partial charge in [-0.2, -0.15) is 5.26 Å². The fourth-order valence-corrected chi connectivity index (χ4v) is 2.46. The van der Waals surface area contributed by atoms with Gasteiger partial charge in [-0.15, -0.1) is 0 Å². The lowest BCUT2D eigenvalue weighted by atomic mass is 10.1.